The maximum absolute atomic E-state index is 13.2. The highest BCUT2D eigenvalue weighted by Gasteiger charge is 2.62. The van der Waals surface area contributed by atoms with Gasteiger partial charge in [0.15, 0.2) is 14.1 Å². The van der Waals surface area contributed by atoms with E-state index in [0.29, 0.717) is 13.0 Å². The van der Waals surface area contributed by atoms with Gasteiger partial charge in [0, 0.05) is 18.9 Å². The number of fused-ring (bicyclic) bond motifs is 1. The predicted octanol–water partition coefficient (Wildman–Crippen LogP) is 4.56. The van der Waals surface area contributed by atoms with Gasteiger partial charge < -0.3 is 14.3 Å². The van der Waals surface area contributed by atoms with Crippen LogP contribution in [0.4, 0.5) is 0 Å². The zero-order chi connectivity index (χ0) is 20.5. The number of hydrogen-bond acceptors (Lipinski definition) is 4. The summed E-state index contributed by atoms with van der Waals surface area (Å²) in [5, 5.41) is 11.5. The van der Waals surface area contributed by atoms with Crippen LogP contribution < -0.4 is 0 Å². The first-order chi connectivity index (χ1) is 12.1. The Balaban J connectivity index is 1.87. The smallest absolute Gasteiger partial charge is 0.191 e. The highest BCUT2D eigenvalue weighted by Crippen LogP contribution is 2.59. The summed E-state index contributed by atoms with van der Waals surface area (Å²) in [6.07, 6.45) is 3.41. The molecule has 0 unspecified atom stereocenters. The summed E-state index contributed by atoms with van der Waals surface area (Å²) < 4.78 is 12.6. The number of Topliss-reactive ketones (excluding diaryl/α,β-unsaturated/α-hetero) is 1. The van der Waals surface area contributed by atoms with Gasteiger partial charge in [0.05, 0.1) is 12.2 Å². The Morgan fingerprint density at radius 2 is 1.85 bits per heavy atom. The zero-order valence-corrected chi connectivity index (χ0v) is 19.6. The molecule has 4 nitrogen and oxygen atoms in total. The molecule has 1 heterocycles. The molecule has 2 bridgehead atoms. The van der Waals surface area contributed by atoms with E-state index in [-0.39, 0.29) is 46.2 Å². The molecular formula is C22H40O4Si. The highest BCUT2D eigenvalue weighted by atomic mass is 28.4. The van der Waals surface area contributed by atoms with Crippen LogP contribution in [0.3, 0.4) is 0 Å². The molecule has 3 rings (SSSR count). The normalized spacial score (nSPS) is 42.0. The quantitative estimate of drug-likeness (QED) is 0.711. The lowest BCUT2D eigenvalue weighted by Crippen LogP contribution is -2.62. The van der Waals surface area contributed by atoms with E-state index in [4.69, 9.17) is 9.16 Å². The van der Waals surface area contributed by atoms with Gasteiger partial charge in [0.1, 0.15) is 5.60 Å². The SMILES string of the molecule is CC1(C)OC[C@@]2(O)C(=O)C[C@H](CO[Si](C)(C)C(C)(C)C)[C@@]3(C)CC[C@@H]1[C@@H]2C3. The third-order valence-electron chi connectivity index (χ3n) is 8.72. The van der Waals surface area contributed by atoms with Gasteiger partial charge in [-0.15, -0.1) is 0 Å². The maximum Gasteiger partial charge on any atom is 0.191 e. The number of ketones is 1. The Kier molecular flexibility index (Phi) is 5.08. The standard InChI is InChI=1S/C22H40O4Si/c1-19(2,3)27(7,8)26-13-15-11-18(23)22(24)14-25-20(4,5)16-9-10-21(15,6)12-17(16)22/h15-17,24H,9-14H2,1-8H3/t15-,16-,17+,21+,22+/m1/s1. The van der Waals surface area contributed by atoms with Gasteiger partial charge in [-0.25, -0.2) is 0 Å². The van der Waals surface area contributed by atoms with Crippen LogP contribution in [0.5, 0.6) is 0 Å². The van der Waals surface area contributed by atoms with E-state index in [2.05, 4.69) is 54.6 Å². The first kappa shape index (κ1) is 21.5. The minimum Gasteiger partial charge on any atom is -0.417 e. The molecule has 0 aromatic rings. The highest BCUT2D eigenvalue weighted by molar-refractivity contribution is 6.74. The van der Waals surface area contributed by atoms with Crippen LogP contribution >= 0.6 is 0 Å². The molecule has 27 heavy (non-hydrogen) atoms. The molecule has 3 fully saturated rings. The van der Waals surface area contributed by atoms with Crippen LogP contribution in [0.1, 0.15) is 67.2 Å². The lowest BCUT2D eigenvalue weighted by Gasteiger charge is -2.56. The molecule has 3 aliphatic rings. The molecule has 1 N–H and O–H groups in total. The van der Waals surface area contributed by atoms with Gasteiger partial charge in [0.25, 0.3) is 0 Å². The summed E-state index contributed by atoms with van der Waals surface area (Å²) in [6.45, 7) is 18.6. The second-order valence-electron chi connectivity index (χ2n) is 11.8. The Morgan fingerprint density at radius 3 is 2.44 bits per heavy atom. The van der Waals surface area contributed by atoms with E-state index in [1.165, 1.54) is 0 Å². The summed E-state index contributed by atoms with van der Waals surface area (Å²) in [5.41, 5.74) is -1.53. The monoisotopic (exact) mass is 396 g/mol. The van der Waals surface area contributed by atoms with Crippen LogP contribution in [0.2, 0.25) is 18.1 Å². The van der Waals surface area contributed by atoms with Gasteiger partial charge in [0.2, 0.25) is 0 Å². The second-order valence-corrected chi connectivity index (χ2v) is 16.6. The first-order valence-electron chi connectivity index (χ1n) is 10.7. The van der Waals surface area contributed by atoms with Crippen molar-refractivity contribution in [2.24, 2.45) is 23.2 Å². The number of carbonyl (C=O) groups is 1. The Labute approximate surface area is 166 Å². The number of rotatable bonds is 3. The van der Waals surface area contributed by atoms with Gasteiger partial charge in [-0.3, -0.25) is 4.79 Å². The van der Waals surface area contributed by atoms with Crippen molar-refractivity contribution in [2.75, 3.05) is 13.2 Å². The van der Waals surface area contributed by atoms with Crippen LogP contribution in [0.15, 0.2) is 0 Å². The van der Waals surface area contributed by atoms with Crippen molar-refractivity contribution < 1.29 is 19.1 Å². The Hall–Kier alpha value is -0.233. The first-order valence-corrected chi connectivity index (χ1v) is 13.6. The Bertz CT molecular complexity index is 608. The number of aliphatic hydroxyl groups is 1. The molecule has 2 aliphatic carbocycles. The van der Waals surface area contributed by atoms with Crippen LogP contribution in [-0.2, 0) is 14.0 Å². The molecule has 1 saturated heterocycles. The van der Waals surface area contributed by atoms with Crippen LogP contribution in [0, 0.1) is 23.2 Å². The van der Waals surface area contributed by atoms with Crippen molar-refractivity contribution in [1.29, 1.82) is 0 Å². The van der Waals surface area contributed by atoms with Crippen LogP contribution in [-0.4, -0.2) is 43.6 Å². The van der Waals surface area contributed by atoms with Crippen molar-refractivity contribution in [3.8, 4) is 0 Å². The van der Waals surface area contributed by atoms with E-state index in [0.717, 1.165) is 19.3 Å². The summed E-state index contributed by atoms with van der Waals surface area (Å²) in [4.78, 5) is 13.2. The fraction of sp³-hybridized carbons (Fsp3) is 0.955. The number of ether oxygens (including phenoxy) is 1. The van der Waals surface area contributed by atoms with E-state index < -0.39 is 13.9 Å². The van der Waals surface area contributed by atoms with Gasteiger partial charge in [-0.1, -0.05) is 27.7 Å². The summed E-state index contributed by atoms with van der Waals surface area (Å²) in [6, 6.07) is 0. The van der Waals surface area contributed by atoms with Crippen molar-refractivity contribution in [1.82, 2.24) is 0 Å². The van der Waals surface area contributed by atoms with E-state index in [9.17, 15) is 9.90 Å². The Morgan fingerprint density at radius 1 is 1.22 bits per heavy atom. The van der Waals surface area contributed by atoms with Crippen molar-refractivity contribution in [3.63, 3.8) is 0 Å². The largest absolute Gasteiger partial charge is 0.417 e. The second kappa shape index (κ2) is 6.38. The molecule has 5 heteroatoms. The molecule has 5 atom stereocenters. The topological polar surface area (TPSA) is 55.8 Å². The van der Waals surface area contributed by atoms with E-state index in [1.54, 1.807) is 0 Å². The van der Waals surface area contributed by atoms with Crippen molar-refractivity contribution in [2.45, 2.75) is 96.6 Å². The molecule has 0 amide bonds. The van der Waals surface area contributed by atoms with E-state index in [1.807, 2.05) is 0 Å². The zero-order valence-electron chi connectivity index (χ0n) is 18.6. The van der Waals surface area contributed by atoms with Gasteiger partial charge in [-0.05, 0) is 68.5 Å². The molecule has 0 radical (unpaired) electrons. The maximum atomic E-state index is 13.2. The van der Waals surface area contributed by atoms with Gasteiger partial charge in [-0.2, -0.15) is 0 Å². The number of carbonyl (C=O) groups excluding carboxylic acids is 1. The lowest BCUT2D eigenvalue weighted by atomic mass is 9.56. The predicted molar refractivity (Wildman–Crippen MR) is 110 cm³/mol. The van der Waals surface area contributed by atoms with Gasteiger partial charge >= 0.3 is 0 Å². The minimum atomic E-state index is -1.87. The third-order valence-corrected chi connectivity index (χ3v) is 13.2. The molecule has 1 aliphatic heterocycles. The van der Waals surface area contributed by atoms with Crippen LogP contribution in [0.25, 0.3) is 0 Å². The van der Waals surface area contributed by atoms with Crippen molar-refractivity contribution >= 4 is 14.1 Å². The molecule has 156 valence electrons. The summed E-state index contributed by atoms with van der Waals surface area (Å²) in [5.74, 6) is 0.402. The average Bonchev–Trinajstić information content (AvgIpc) is 2.59. The van der Waals surface area contributed by atoms with Crippen molar-refractivity contribution in [3.05, 3.63) is 0 Å². The fourth-order valence-electron chi connectivity index (χ4n) is 5.37. The molecular weight excluding hydrogens is 356 g/mol. The number of hydrogen-bond donors (Lipinski definition) is 1. The lowest BCUT2D eigenvalue weighted by molar-refractivity contribution is -0.229. The minimum absolute atomic E-state index is 0.00497. The molecule has 0 spiro atoms. The molecule has 2 saturated carbocycles. The fourth-order valence-corrected chi connectivity index (χ4v) is 6.42. The summed E-state index contributed by atoms with van der Waals surface area (Å²) >= 11 is 0. The third kappa shape index (κ3) is 3.47. The molecule has 0 aromatic heterocycles. The summed E-state index contributed by atoms with van der Waals surface area (Å²) in [7, 11) is -1.87. The molecule has 0 aromatic carbocycles. The van der Waals surface area contributed by atoms with E-state index >= 15 is 0 Å². The average molecular weight is 397 g/mol.